The van der Waals surface area contributed by atoms with Gasteiger partial charge < -0.3 is 4.74 Å². The van der Waals surface area contributed by atoms with E-state index in [1.165, 1.54) is 37.1 Å². The van der Waals surface area contributed by atoms with Crippen LogP contribution in [0.3, 0.4) is 0 Å². The first kappa shape index (κ1) is 13.7. The van der Waals surface area contributed by atoms with Gasteiger partial charge in [-0.15, -0.1) is 0 Å². The third-order valence-corrected chi connectivity index (χ3v) is 5.28. The minimum Gasteiger partial charge on any atom is -0.493 e. The van der Waals surface area contributed by atoms with Crippen molar-refractivity contribution >= 4 is 27.5 Å². The molecular formula is C15H19BrClNO. The third-order valence-electron chi connectivity index (χ3n) is 4.14. The fourth-order valence-corrected chi connectivity index (χ4v) is 3.91. The van der Waals surface area contributed by atoms with Crippen molar-refractivity contribution in [2.24, 2.45) is 5.92 Å². The lowest BCUT2D eigenvalue weighted by atomic mass is 9.98. The van der Waals surface area contributed by atoms with Crippen LogP contribution in [0.5, 0.6) is 5.75 Å². The molecule has 0 unspecified atom stereocenters. The van der Waals surface area contributed by atoms with Crippen LogP contribution in [-0.2, 0) is 13.0 Å². The molecule has 0 atom stereocenters. The minimum absolute atomic E-state index is 0.800. The van der Waals surface area contributed by atoms with Crippen LogP contribution in [0.15, 0.2) is 12.1 Å². The zero-order valence-electron chi connectivity index (χ0n) is 11.0. The van der Waals surface area contributed by atoms with Gasteiger partial charge in [0.25, 0.3) is 0 Å². The van der Waals surface area contributed by atoms with Crippen molar-refractivity contribution in [3.05, 3.63) is 28.3 Å². The summed E-state index contributed by atoms with van der Waals surface area (Å²) in [4.78, 5) is 2.52. The van der Waals surface area contributed by atoms with Gasteiger partial charge in [-0.05, 0) is 49.5 Å². The van der Waals surface area contributed by atoms with Crippen LogP contribution < -0.4 is 4.74 Å². The number of piperidine rings is 1. The standard InChI is InChI=1S/C15H19BrClNO/c16-9-11-1-4-18(5-2-11)10-13-8-14(17)7-12-3-6-19-15(12)13/h7-8,11H,1-6,9-10H2. The van der Waals surface area contributed by atoms with Crippen LogP contribution in [0, 0.1) is 5.92 Å². The highest BCUT2D eigenvalue weighted by Crippen LogP contribution is 2.34. The average molecular weight is 345 g/mol. The topological polar surface area (TPSA) is 12.5 Å². The Labute approximate surface area is 128 Å². The lowest BCUT2D eigenvalue weighted by molar-refractivity contribution is 0.185. The monoisotopic (exact) mass is 343 g/mol. The SMILES string of the molecule is Clc1cc2c(c(CN3CCC(CBr)CC3)c1)OCC2. The molecule has 0 N–H and O–H groups in total. The molecule has 1 fully saturated rings. The molecule has 0 bridgehead atoms. The summed E-state index contributed by atoms with van der Waals surface area (Å²) in [5, 5.41) is 1.98. The molecular weight excluding hydrogens is 326 g/mol. The third kappa shape index (κ3) is 3.09. The zero-order valence-corrected chi connectivity index (χ0v) is 13.3. The van der Waals surface area contributed by atoms with E-state index in [-0.39, 0.29) is 0 Å². The first-order valence-electron chi connectivity index (χ1n) is 6.98. The number of fused-ring (bicyclic) bond motifs is 1. The molecule has 0 radical (unpaired) electrons. The Bertz CT molecular complexity index is 458. The Morgan fingerprint density at radius 2 is 2.11 bits per heavy atom. The van der Waals surface area contributed by atoms with Crippen molar-refractivity contribution < 1.29 is 4.74 Å². The lowest BCUT2D eigenvalue weighted by Gasteiger charge is -2.31. The summed E-state index contributed by atoms with van der Waals surface area (Å²) in [6.07, 6.45) is 3.57. The molecule has 1 saturated heterocycles. The van der Waals surface area contributed by atoms with E-state index >= 15 is 0 Å². The highest BCUT2D eigenvalue weighted by atomic mass is 79.9. The van der Waals surface area contributed by atoms with E-state index in [1.54, 1.807) is 0 Å². The van der Waals surface area contributed by atoms with Crippen LogP contribution in [0.25, 0.3) is 0 Å². The van der Waals surface area contributed by atoms with E-state index in [0.29, 0.717) is 0 Å². The molecule has 2 nitrogen and oxygen atoms in total. The molecule has 0 amide bonds. The quantitative estimate of drug-likeness (QED) is 0.772. The highest BCUT2D eigenvalue weighted by molar-refractivity contribution is 9.09. The van der Waals surface area contributed by atoms with E-state index in [0.717, 1.165) is 41.6 Å². The summed E-state index contributed by atoms with van der Waals surface area (Å²) in [5.74, 6) is 1.93. The molecule has 104 valence electrons. The van der Waals surface area contributed by atoms with Crippen molar-refractivity contribution in [1.82, 2.24) is 4.90 Å². The van der Waals surface area contributed by atoms with Gasteiger partial charge in [-0.2, -0.15) is 0 Å². The van der Waals surface area contributed by atoms with Crippen molar-refractivity contribution in [2.75, 3.05) is 25.0 Å². The molecule has 19 heavy (non-hydrogen) atoms. The number of halogens is 2. The zero-order chi connectivity index (χ0) is 13.2. The van der Waals surface area contributed by atoms with Crippen molar-refractivity contribution in [3.8, 4) is 5.75 Å². The van der Waals surface area contributed by atoms with E-state index < -0.39 is 0 Å². The van der Waals surface area contributed by atoms with E-state index in [1.807, 2.05) is 6.07 Å². The minimum atomic E-state index is 0.800. The molecule has 0 saturated carbocycles. The highest BCUT2D eigenvalue weighted by Gasteiger charge is 2.22. The number of alkyl halides is 1. The normalized spacial score (nSPS) is 20.3. The second kappa shape index (κ2) is 6.02. The van der Waals surface area contributed by atoms with Gasteiger partial charge >= 0.3 is 0 Å². The maximum atomic E-state index is 6.21. The summed E-state index contributed by atoms with van der Waals surface area (Å²) in [6.45, 7) is 4.13. The van der Waals surface area contributed by atoms with Crippen molar-refractivity contribution in [3.63, 3.8) is 0 Å². The molecule has 2 aliphatic heterocycles. The number of nitrogens with zero attached hydrogens (tertiary/aromatic N) is 1. The summed E-state index contributed by atoms with van der Waals surface area (Å²) in [5.41, 5.74) is 2.54. The van der Waals surface area contributed by atoms with Crippen LogP contribution in [0.1, 0.15) is 24.0 Å². The van der Waals surface area contributed by atoms with E-state index in [9.17, 15) is 0 Å². The van der Waals surface area contributed by atoms with Crippen LogP contribution >= 0.6 is 27.5 Å². The van der Waals surface area contributed by atoms with Crippen molar-refractivity contribution in [1.29, 1.82) is 0 Å². The van der Waals surface area contributed by atoms with Crippen LogP contribution in [-0.4, -0.2) is 29.9 Å². The van der Waals surface area contributed by atoms with Crippen molar-refractivity contribution in [2.45, 2.75) is 25.8 Å². The maximum Gasteiger partial charge on any atom is 0.127 e. The summed E-state index contributed by atoms with van der Waals surface area (Å²) in [6, 6.07) is 4.12. The molecule has 3 rings (SSSR count). The molecule has 2 heterocycles. The summed E-state index contributed by atoms with van der Waals surface area (Å²) in [7, 11) is 0. The fraction of sp³-hybridized carbons (Fsp3) is 0.600. The van der Waals surface area contributed by atoms with Gasteiger partial charge in [-0.25, -0.2) is 0 Å². The van der Waals surface area contributed by atoms with Gasteiger partial charge in [-0.3, -0.25) is 4.90 Å². The number of hydrogen-bond donors (Lipinski definition) is 0. The van der Waals surface area contributed by atoms with Gasteiger partial charge in [-0.1, -0.05) is 27.5 Å². The second-order valence-electron chi connectivity index (χ2n) is 5.53. The molecule has 0 aliphatic carbocycles. The van der Waals surface area contributed by atoms with Gasteiger partial charge in [0.2, 0.25) is 0 Å². The van der Waals surface area contributed by atoms with E-state index in [2.05, 4.69) is 26.9 Å². The first-order chi connectivity index (χ1) is 9.26. The smallest absolute Gasteiger partial charge is 0.127 e. The first-order valence-corrected chi connectivity index (χ1v) is 8.48. The number of rotatable bonds is 3. The van der Waals surface area contributed by atoms with Crippen LogP contribution in [0.2, 0.25) is 5.02 Å². The second-order valence-corrected chi connectivity index (χ2v) is 6.61. The number of hydrogen-bond acceptors (Lipinski definition) is 2. The Morgan fingerprint density at radius 3 is 2.84 bits per heavy atom. The fourth-order valence-electron chi connectivity index (χ4n) is 3.00. The molecule has 0 spiro atoms. The molecule has 4 heteroatoms. The molecule has 1 aromatic carbocycles. The van der Waals surface area contributed by atoms with Gasteiger partial charge in [0.15, 0.2) is 0 Å². The molecule has 0 aromatic heterocycles. The van der Waals surface area contributed by atoms with Gasteiger partial charge in [0.1, 0.15) is 5.75 Å². The number of ether oxygens (including phenoxy) is 1. The Hall–Kier alpha value is -0.250. The lowest BCUT2D eigenvalue weighted by Crippen LogP contribution is -2.33. The molecule has 2 aliphatic rings. The Kier molecular flexibility index (Phi) is 4.35. The number of benzene rings is 1. The predicted molar refractivity (Wildman–Crippen MR) is 82.4 cm³/mol. The largest absolute Gasteiger partial charge is 0.493 e. The predicted octanol–water partition coefficient (Wildman–Crippen LogP) is 3.88. The average Bonchev–Trinajstić information content (AvgIpc) is 2.88. The molecule has 1 aromatic rings. The summed E-state index contributed by atoms with van der Waals surface area (Å²) < 4.78 is 5.78. The maximum absolute atomic E-state index is 6.21. The Morgan fingerprint density at radius 1 is 1.32 bits per heavy atom. The van der Waals surface area contributed by atoms with E-state index in [4.69, 9.17) is 16.3 Å². The Balaban J connectivity index is 1.70. The number of likely N-dealkylation sites (tertiary alicyclic amines) is 1. The van der Waals surface area contributed by atoms with Crippen LogP contribution in [0.4, 0.5) is 0 Å². The van der Waals surface area contributed by atoms with Gasteiger partial charge in [0, 0.05) is 28.9 Å². The summed E-state index contributed by atoms with van der Waals surface area (Å²) >= 11 is 9.80. The van der Waals surface area contributed by atoms with Gasteiger partial charge in [0.05, 0.1) is 6.61 Å².